The molecule has 0 unspecified atom stereocenters. The number of carbonyl (C=O) groups excluding carboxylic acids is 2. The average molecular weight is 285 g/mol. The third-order valence-corrected chi connectivity index (χ3v) is 3.74. The number of urea groups is 1. The molecule has 0 aromatic heterocycles. The summed E-state index contributed by atoms with van der Waals surface area (Å²) in [6.45, 7) is 5.35. The minimum Gasteiger partial charge on any atom is -0.333 e. The summed E-state index contributed by atoms with van der Waals surface area (Å²) >= 11 is 0. The maximum atomic E-state index is 12.6. The van der Waals surface area contributed by atoms with Crippen molar-refractivity contribution in [1.82, 2.24) is 15.5 Å². The molecule has 0 bridgehead atoms. The lowest BCUT2D eigenvalue weighted by Gasteiger charge is -2.25. The zero-order valence-corrected chi connectivity index (χ0v) is 12.2. The number of hydrogen-bond acceptors (Lipinski definition) is 2. The molecular weight excluding hydrogens is 266 g/mol. The van der Waals surface area contributed by atoms with Crippen molar-refractivity contribution in [3.05, 3.63) is 47.2 Å². The SMILES string of the molecule is CC(C)CN1CC2=C(C1=O)[C@@H](c1ccccc1)NC(=O)N2. The van der Waals surface area contributed by atoms with Gasteiger partial charge in [0.05, 0.1) is 23.9 Å². The first-order valence-electron chi connectivity index (χ1n) is 7.21. The molecular formula is C16H19N3O2. The summed E-state index contributed by atoms with van der Waals surface area (Å²) < 4.78 is 0. The number of rotatable bonds is 3. The molecule has 5 heteroatoms. The minimum absolute atomic E-state index is 0.0139. The molecule has 0 saturated carbocycles. The Morgan fingerprint density at radius 2 is 1.95 bits per heavy atom. The quantitative estimate of drug-likeness (QED) is 0.889. The molecule has 2 aliphatic heterocycles. The summed E-state index contributed by atoms with van der Waals surface area (Å²) in [6, 6.07) is 8.99. The maximum absolute atomic E-state index is 12.6. The van der Waals surface area contributed by atoms with Crippen LogP contribution in [0, 0.1) is 5.92 Å². The number of carbonyl (C=O) groups is 2. The molecule has 110 valence electrons. The van der Waals surface area contributed by atoms with E-state index in [4.69, 9.17) is 0 Å². The standard InChI is InChI=1S/C16H19N3O2/c1-10(2)8-19-9-12-13(15(19)20)14(18-16(21)17-12)11-6-4-3-5-7-11/h3-7,10,14H,8-9H2,1-2H3,(H2,17,18,21)/t14-/m1/s1. The Morgan fingerprint density at radius 3 is 2.62 bits per heavy atom. The number of amides is 3. The smallest absolute Gasteiger partial charge is 0.319 e. The Morgan fingerprint density at radius 1 is 1.24 bits per heavy atom. The fraction of sp³-hybridized carbons (Fsp3) is 0.375. The van der Waals surface area contributed by atoms with Gasteiger partial charge in [-0.2, -0.15) is 0 Å². The first-order valence-corrected chi connectivity index (χ1v) is 7.21. The third-order valence-electron chi connectivity index (χ3n) is 3.74. The summed E-state index contributed by atoms with van der Waals surface area (Å²) in [5.41, 5.74) is 2.33. The summed E-state index contributed by atoms with van der Waals surface area (Å²) in [5, 5.41) is 5.63. The van der Waals surface area contributed by atoms with E-state index < -0.39 is 0 Å². The van der Waals surface area contributed by atoms with Crippen LogP contribution in [0.1, 0.15) is 25.5 Å². The van der Waals surface area contributed by atoms with Crippen molar-refractivity contribution in [1.29, 1.82) is 0 Å². The highest BCUT2D eigenvalue weighted by Gasteiger charge is 2.40. The second-order valence-corrected chi connectivity index (χ2v) is 5.91. The highest BCUT2D eigenvalue weighted by atomic mass is 16.2. The second kappa shape index (κ2) is 5.24. The average Bonchev–Trinajstić information content (AvgIpc) is 2.74. The van der Waals surface area contributed by atoms with E-state index in [9.17, 15) is 9.59 Å². The lowest BCUT2D eigenvalue weighted by Crippen LogP contribution is -2.44. The van der Waals surface area contributed by atoms with Crippen molar-refractivity contribution in [2.45, 2.75) is 19.9 Å². The lowest BCUT2D eigenvalue weighted by molar-refractivity contribution is -0.126. The molecule has 0 aliphatic carbocycles. The van der Waals surface area contributed by atoms with E-state index in [-0.39, 0.29) is 18.0 Å². The molecule has 2 aliphatic rings. The molecule has 1 atom stereocenters. The molecule has 3 rings (SSSR count). The molecule has 1 aromatic carbocycles. The van der Waals surface area contributed by atoms with Gasteiger partial charge in [0.25, 0.3) is 5.91 Å². The van der Waals surface area contributed by atoms with Crippen molar-refractivity contribution < 1.29 is 9.59 Å². The van der Waals surface area contributed by atoms with Gasteiger partial charge >= 0.3 is 6.03 Å². The van der Waals surface area contributed by atoms with E-state index in [1.54, 1.807) is 4.90 Å². The van der Waals surface area contributed by atoms with Crippen LogP contribution in [0.3, 0.4) is 0 Å². The Balaban J connectivity index is 1.94. The van der Waals surface area contributed by atoms with Gasteiger partial charge in [0.15, 0.2) is 0 Å². The van der Waals surface area contributed by atoms with E-state index in [0.717, 1.165) is 11.3 Å². The predicted molar refractivity (Wildman–Crippen MR) is 79.3 cm³/mol. The monoisotopic (exact) mass is 285 g/mol. The molecule has 5 nitrogen and oxygen atoms in total. The van der Waals surface area contributed by atoms with Crippen LogP contribution in [0.4, 0.5) is 4.79 Å². The Hall–Kier alpha value is -2.30. The van der Waals surface area contributed by atoms with Gasteiger partial charge in [-0.25, -0.2) is 4.79 Å². The summed E-state index contributed by atoms with van der Waals surface area (Å²) in [7, 11) is 0. The van der Waals surface area contributed by atoms with Gasteiger partial charge in [-0.05, 0) is 11.5 Å². The minimum atomic E-state index is -0.361. The van der Waals surface area contributed by atoms with Crippen LogP contribution >= 0.6 is 0 Å². The van der Waals surface area contributed by atoms with E-state index in [1.165, 1.54) is 0 Å². The topological polar surface area (TPSA) is 61.4 Å². The van der Waals surface area contributed by atoms with Gasteiger partial charge < -0.3 is 15.5 Å². The Bertz CT molecular complexity index is 607. The lowest BCUT2D eigenvalue weighted by atomic mass is 9.96. The molecule has 2 heterocycles. The zero-order chi connectivity index (χ0) is 15.0. The summed E-state index contributed by atoms with van der Waals surface area (Å²) in [6.07, 6.45) is 0. The van der Waals surface area contributed by atoms with Crippen molar-refractivity contribution >= 4 is 11.9 Å². The Labute approximate surface area is 124 Å². The van der Waals surface area contributed by atoms with Crippen LogP contribution in [0.25, 0.3) is 0 Å². The molecule has 21 heavy (non-hydrogen) atoms. The summed E-state index contributed by atoms with van der Waals surface area (Å²) in [5.74, 6) is 0.411. The van der Waals surface area contributed by atoms with Crippen LogP contribution < -0.4 is 10.6 Å². The summed E-state index contributed by atoms with van der Waals surface area (Å²) in [4.78, 5) is 26.3. The van der Waals surface area contributed by atoms with Crippen LogP contribution in [0.2, 0.25) is 0 Å². The van der Waals surface area contributed by atoms with Gasteiger partial charge in [-0.3, -0.25) is 4.79 Å². The van der Waals surface area contributed by atoms with Crippen LogP contribution in [0.5, 0.6) is 0 Å². The second-order valence-electron chi connectivity index (χ2n) is 5.91. The largest absolute Gasteiger partial charge is 0.333 e. The van der Waals surface area contributed by atoms with Crippen LogP contribution in [-0.4, -0.2) is 29.9 Å². The predicted octanol–water partition coefficient (Wildman–Crippen LogP) is 1.79. The van der Waals surface area contributed by atoms with E-state index in [2.05, 4.69) is 24.5 Å². The number of hydrogen-bond donors (Lipinski definition) is 2. The number of nitrogens with zero attached hydrogens (tertiary/aromatic N) is 1. The van der Waals surface area contributed by atoms with Gasteiger partial charge in [-0.15, -0.1) is 0 Å². The highest BCUT2D eigenvalue weighted by molar-refractivity contribution is 6.01. The maximum Gasteiger partial charge on any atom is 0.319 e. The van der Waals surface area contributed by atoms with Crippen molar-refractivity contribution in [2.75, 3.05) is 13.1 Å². The van der Waals surface area contributed by atoms with Gasteiger partial charge in [0, 0.05) is 6.54 Å². The highest BCUT2D eigenvalue weighted by Crippen LogP contribution is 2.32. The fourth-order valence-electron chi connectivity index (χ4n) is 2.91. The van der Waals surface area contributed by atoms with Crippen molar-refractivity contribution in [2.24, 2.45) is 5.92 Å². The normalized spacial score (nSPS) is 21.5. The third kappa shape index (κ3) is 2.51. The molecule has 3 amide bonds. The van der Waals surface area contributed by atoms with E-state index in [1.807, 2.05) is 30.3 Å². The van der Waals surface area contributed by atoms with Gasteiger partial charge in [-0.1, -0.05) is 44.2 Å². The first kappa shape index (κ1) is 13.7. The Kier molecular flexibility index (Phi) is 3.41. The van der Waals surface area contributed by atoms with Crippen LogP contribution in [0.15, 0.2) is 41.6 Å². The van der Waals surface area contributed by atoms with Gasteiger partial charge in [0.2, 0.25) is 0 Å². The number of nitrogens with one attached hydrogen (secondary N) is 2. The molecule has 0 spiro atoms. The first-order chi connectivity index (χ1) is 10.1. The fourth-order valence-corrected chi connectivity index (χ4v) is 2.91. The molecule has 0 saturated heterocycles. The van der Waals surface area contributed by atoms with Crippen LogP contribution in [-0.2, 0) is 4.79 Å². The molecule has 1 aromatic rings. The molecule has 2 N–H and O–H groups in total. The zero-order valence-electron chi connectivity index (χ0n) is 12.2. The van der Waals surface area contributed by atoms with E-state index in [0.29, 0.717) is 24.6 Å². The molecule has 0 radical (unpaired) electrons. The molecule has 0 fully saturated rings. The van der Waals surface area contributed by atoms with Crippen molar-refractivity contribution in [3.8, 4) is 0 Å². The van der Waals surface area contributed by atoms with Crippen molar-refractivity contribution in [3.63, 3.8) is 0 Å². The number of benzene rings is 1. The van der Waals surface area contributed by atoms with E-state index >= 15 is 0 Å². The van der Waals surface area contributed by atoms with Gasteiger partial charge in [0.1, 0.15) is 0 Å².